The van der Waals surface area contributed by atoms with Crippen LogP contribution in [0.3, 0.4) is 0 Å². The fourth-order valence-electron chi connectivity index (χ4n) is 1.98. The predicted molar refractivity (Wildman–Crippen MR) is 109 cm³/mol. The van der Waals surface area contributed by atoms with E-state index in [4.69, 9.17) is 11.6 Å². The molecule has 0 fully saturated rings. The second-order valence-corrected chi connectivity index (χ2v) is 10.1. The van der Waals surface area contributed by atoms with Crippen molar-refractivity contribution in [3.8, 4) is 0 Å². The molecule has 0 aliphatic rings. The average Bonchev–Trinajstić information content (AvgIpc) is 3.14. The summed E-state index contributed by atoms with van der Waals surface area (Å²) in [6.45, 7) is 1.46. The van der Waals surface area contributed by atoms with Crippen LogP contribution >= 0.6 is 34.7 Å². The van der Waals surface area contributed by atoms with Gasteiger partial charge in [0.25, 0.3) is 5.91 Å². The molecule has 28 heavy (non-hydrogen) atoms. The molecule has 12 heteroatoms. The Kier molecular flexibility index (Phi) is 6.60. The lowest BCUT2D eigenvalue weighted by Gasteiger charge is -2.05. The van der Waals surface area contributed by atoms with Gasteiger partial charge in [-0.15, -0.1) is 10.2 Å². The summed E-state index contributed by atoms with van der Waals surface area (Å²) in [5, 5.41) is 10.2. The van der Waals surface area contributed by atoms with Gasteiger partial charge in [-0.2, -0.15) is 0 Å². The number of anilines is 1. The summed E-state index contributed by atoms with van der Waals surface area (Å²) in [6.07, 6.45) is 1.09. The van der Waals surface area contributed by atoms with E-state index < -0.39 is 20.9 Å². The Morgan fingerprint density at radius 1 is 1.25 bits per heavy atom. The van der Waals surface area contributed by atoms with Gasteiger partial charge in [0, 0.05) is 5.75 Å². The van der Waals surface area contributed by atoms with Gasteiger partial charge in [-0.1, -0.05) is 72.0 Å². The maximum absolute atomic E-state index is 12.4. The first-order chi connectivity index (χ1) is 13.4. The molecular formula is C16H14ClN5O3S3. The Labute approximate surface area is 174 Å². The van der Waals surface area contributed by atoms with E-state index in [1.165, 1.54) is 30.0 Å². The zero-order valence-corrected chi connectivity index (χ0v) is 17.7. The SMILES string of the molecule is CCS(=O)(=O)c1ncc(Cl)c(C(=O)Nc2nnc(SCc3ccccc3)s2)n1. The van der Waals surface area contributed by atoms with Crippen LogP contribution in [0, 0.1) is 0 Å². The van der Waals surface area contributed by atoms with Crippen molar-refractivity contribution >= 4 is 55.6 Å². The number of nitrogens with one attached hydrogen (secondary N) is 1. The Balaban J connectivity index is 1.70. The lowest BCUT2D eigenvalue weighted by molar-refractivity contribution is 0.102. The molecule has 3 aromatic rings. The summed E-state index contributed by atoms with van der Waals surface area (Å²) in [5.41, 5.74) is 0.906. The number of rotatable bonds is 7. The lowest BCUT2D eigenvalue weighted by Crippen LogP contribution is -2.18. The number of benzene rings is 1. The number of carbonyl (C=O) groups is 1. The van der Waals surface area contributed by atoms with Crippen molar-refractivity contribution in [3.05, 3.63) is 52.8 Å². The topological polar surface area (TPSA) is 115 Å². The maximum Gasteiger partial charge on any atom is 0.277 e. The number of halogens is 1. The second kappa shape index (κ2) is 8.95. The molecule has 8 nitrogen and oxygen atoms in total. The van der Waals surface area contributed by atoms with Crippen LogP contribution in [-0.2, 0) is 15.6 Å². The minimum Gasteiger partial charge on any atom is -0.295 e. The first-order valence-corrected chi connectivity index (χ1v) is 11.8. The van der Waals surface area contributed by atoms with E-state index in [1.807, 2.05) is 30.3 Å². The van der Waals surface area contributed by atoms with Gasteiger partial charge >= 0.3 is 0 Å². The fraction of sp³-hybridized carbons (Fsp3) is 0.188. The monoisotopic (exact) mass is 455 g/mol. The minimum absolute atomic E-state index is 0.0595. The van der Waals surface area contributed by atoms with Crippen molar-refractivity contribution in [2.45, 2.75) is 22.2 Å². The third kappa shape index (κ3) is 5.04. The molecule has 146 valence electrons. The normalized spacial score (nSPS) is 11.4. The molecule has 0 saturated carbocycles. The highest BCUT2D eigenvalue weighted by atomic mass is 35.5. The third-order valence-corrected chi connectivity index (χ3v) is 7.26. The van der Waals surface area contributed by atoms with Crippen molar-refractivity contribution in [2.24, 2.45) is 0 Å². The number of carbonyl (C=O) groups excluding carboxylic acids is 1. The van der Waals surface area contributed by atoms with Crippen molar-refractivity contribution in [3.63, 3.8) is 0 Å². The molecule has 0 saturated heterocycles. The van der Waals surface area contributed by atoms with Gasteiger partial charge in [0.05, 0.1) is 17.0 Å². The standard InChI is InChI=1S/C16H14ClN5O3S3/c1-2-28(24,25)15-18-8-11(17)12(19-15)13(23)20-14-21-22-16(27-14)26-9-10-6-4-3-5-7-10/h3-8H,2,9H2,1H3,(H,20,21,23). The van der Waals surface area contributed by atoms with Crippen LogP contribution in [0.25, 0.3) is 0 Å². The first kappa shape index (κ1) is 20.6. The highest BCUT2D eigenvalue weighted by Gasteiger charge is 2.21. The van der Waals surface area contributed by atoms with E-state index in [0.717, 1.165) is 17.5 Å². The third-order valence-electron chi connectivity index (χ3n) is 3.43. The van der Waals surface area contributed by atoms with E-state index in [9.17, 15) is 13.2 Å². The number of aromatic nitrogens is 4. The minimum atomic E-state index is -3.66. The van der Waals surface area contributed by atoms with E-state index in [0.29, 0.717) is 4.34 Å². The number of amides is 1. The number of sulfone groups is 1. The first-order valence-electron chi connectivity index (χ1n) is 7.96. The summed E-state index contributed by atoms with van der Waals surface area (Å²) < 4.78 is 24.5. The molecule has 0 radical (unpaired) electrons. The van der Waals surface area contributed by atoms with E-state index in [2.05, 4.69) is 25.5 Å². The number of thioether (sulfide) groups is 1. The Morgan fingerprint density at radius 2 is 2.00 bits per heavy atom. The molecule has 2 heterocycles. The molecule has 0 bridgehead atoms. The lowest BCUT2D eigenvalue weighted by atomic mass is 10.2. The Morgan fingerprint density at radius 3 is 2.71 bits per heavy atom. The summed E-state index contributed by atoms with van der Waals surface area (Å²) >= 11 is 8.65. The van der Waals surface area contributed by atoms with Gasteiger partial charge < -0.3 is 0 Å². The van der Waals surface area contributed by atoms with E-state index in [1.54, 1.807) is 0 Å². The van der Waals surface area contributed by atoms with Crippen molar-refractivity contribution in [1.29, 1.82) is 0 Å². The summed E-state index contributed by atoms with van der Waals surface area (Å²) in [7, 11) is -3.66. The smallest absolute Gasteiger partial charge is 0.277 e. The number of hydrogen-bond donors (Lipinski definition) is 1. The Bertz CT molecular complexity index is 1090. The molecule has 1 aromatic carbocycles. The molecule has 0 aliphatic carbocycles. The zero-order valence-electron chi connectivity index (χ0n) is 14.5. The molecule has 0 spiro atoms. The molecular weight excluding hydrogens is 442 g/mol. The van der Waals surface area contributed by atoms with Crippen LogP contribution in [0.15, 0.2) is 46.0 Å². The van der Waals surface area contributed by atoms with Gasteiger partial charge in [-0.05, 0) is 5.56 Å². The van der Waals surface area contributed by atoms with Crippen LogP contribution in [0.1, 0.15) is 23.0 Å². The largest absolute Gasteiger partial charge is 0.295 e. The van der Waals surface area contributed by atoms with Gasteiger partial charge in [-0.3, -0.25) is 10.1 Å². The van der Waals surface area contributed by atoms with Crippen LogP contribution in [0.4, 0.5) is 5.13 Å². The number of hydrogen-bond acceptors (Lipinski definition) is 9. The zero-order chi connectivity index (χ0) is 20.1. The van der Waals surface area contributed by atoms with Crippen LogP contribution < -0.4 is 5.32 Å². The van der Waals surface area contributed by atoms with Crippen molar-refractivity contribution < 1.29 is 13.2 Å². The van der Waals surface area contributed by atoms with Gasteiger partial charge in [0.15, 0.2) is 10.0 Å². The van der Waals surface area contributed by atoms with Crippen LogP contribution in [0.5, 0.6) is 0 Å². The maximum atomic E-state index is 12.4. The summed E-state index contributed by atoms with van der Waals surface area (Å²) in [5.74, 6) is -0.149. The highest BCUT2D eigenvalue weighted by Crippen LogP contribution is 2.28. The van der Waals surface area contributed by atoms with Crippen LogP contribution in [-0.4, -0.2) is 40.2 Å². The second-order valence-electron chi connectivity index (χ2n) is 5.35. The van der Waals surface area contributed by atoms with Crippen LogP contribution in [0.2, 0.25) is 5.02 Å². The summed E-state index contributed by atoms with van der Waals surface area (Å²) in [6, 6.07) is 9.88. The average molecular weight is 456 g/mol. The molecule has 1 N–H and O–H groups in total. The highest BCUT2D eigenvalue weighted by molar-refractivity contribution is 8.00. The van der Waals surface area contributed by atoms with Gasteiger partial charge in [0.1, 0.15) is 0 Å². The van der Waals surface area contributed by atoms with Gasteiger partial charge in [0.2, 0.25) is 20.1 Å². The Hall–Kier alpha value is -2.08. The van der Waals surface area contributed by atoms with E-state index >= 15 is 0 Å². The molecule has 0 atom stereocenters. The molecule has 1 amide bonds. The van der Waals surface area contributed by atoms with Gasteiger partial charge in [-0.25, -0.2) is 18.4 Å². The van der Waals surface area contributed by atoms with Crippen molar-refractivity contribution in [1.82, 2.24) is 20.2 Å². The molecule has 2 aromatic heterocycles. The fourth-order valence-corrected chi connectivity index (χ4v) is 4.56. The molecule has 0 aliphatic heterocycles. The molecule has 0 unspecified atom stereocenters. The predicted octanol–water partition coefficient (Wildman–Crippen LogP) is 3.32. The number of nitrogens with zero attached hydrogens (tertiary/aromatic N) is 4. The van der Waals surface area contributed by atoms with Crippen molar-refractivity contribution in [2.75, 3.05) is 11.1 Å². The van der Waals surface area contributed by atoms with E-state index in [-0.39, 0.29) is 21.6 Å². The molecule has 3 rings (SSSR count). The quantitative estimate of drug-likeness (QED) is 0.327. The summed E-state index contributed by atoms with van der Waals surface area (Å²) in [4.78, 5) is 19.9.